The van der Waals surface area contributed by atoms with E-state index in [-0.39, 0.29) is 12.0 Å². The van der Waals surface area contributed by atoms with E-state index >= 15 is 0 Å². The third kappa shape index (κ3) is 2.45. The highest BCUT2D eigenvalue weighted by Gasteiger charge is 2.31. The number of nitrogens with one attached hydrogen (secondary N) is 1. The van der Waals surface area contributed by atoms with Crippen molar-refractivity contribution in [3.05, 3.63) is 28.2 Å². The van der Waals surface area contributed by atoms with Crippen LogP contribution in [0.15, 0.2) is 22.7 Å². The van der Waals surface area contributed by atoms with E-state index in [0.29, 0.717) is 13.0 Å². The maximum atomic E-state index is 10.9. The summed E-state index contributed by atoms with van der Waals surface area (Å²) in [5.74, 6) is -0.278. The first-order chi connectivity index (χ1) is 8.13. The second-order valence-electron chi connectivity index (χ2n) is 4.10. The zero-order chi connectivity index (χ0) is 12.4. The normalized spacial score (nSPS) is 23.6. The van der Waals surface area contributed by atoms with Gasteiger partial charge in [0.05, 0.1) is 17.5 Å². The minimum absolute atomic E-state index is 0.0700. The molecule has 4 nitrogen and oxygen atoms in total. The average molecular weight is 300 g/mol. The van der Waals surface area contributed by atoms with E-state index in [4.69, 9.17) is 9.84 Å². The number of carbonyl (C=O) groups is 1. The van der Waals surface area contributed by atoms with Crippen LogP contribution in [0.1, 0.15) is 18.0 Å². The molecule has 1 aromatic carbocycles. The first-order valence-electron chi connectivity index (χ1n) is 5.42. The highest BCUT2D eigenvalue weighted by molar-refractivity contribution is 9.10. The fourth-order valence-electron chi connectivity index (χ4n) is 2.12. The summed E-state index contributed by atoms with van der Waals surface area (Å²) in [4.78, 5) is 10.9. The van der Waals surface area contributed by atoms with Crippen LogP contribution in [0.5, 0.6) is 5.75 Å². The van der Waals surface area contributed by atoms with Gasteiger partial charge in [-0.25, -0.2) is 0 Å². The lowest BCUT2D eigenvalue weighted by Gasteiger charge is -2.14. The van der Waals surface area contributed by atoms with Gasteiger partial charge in [0, 0.05) is 12.6 Å². The minimum Gasteiger partial charge on any atom is -0.496 e. The molecule has 1 aromatic rings. The Kier molecular flexibility index (Phi) is 3.69. The molecule has 1 aliphatic rings. The second kappa shape index (κ2) is 5.06. The molecule has 17 heavy (non-hydrogen) atoms. The largest absolute Gasteiger partial charge is 0.496 e. The van der Waals surface area contributed by atoms with Gasteiger partial charge in [0.15, 0.2) is 0 Å². The van der Waals surface area contributed by atoms with Crippen molar-refractivity contribution in [3.63, 3.8) is 0 Å². The maximum absolute atomic E-state index is 10.9. The number of carboxylic acids is 1. The molecule has 2 N–H and O–H groups in total. The molecule has 2 atom stereocenters. The molecule has 0 saturated carbocycles. The number of rotatable bonds is 3. The number of ether oxygens (including phenoxy) is 1. The van der Waals surface area contributed by atoms with Gasteiger partial charge in [-0.3, -0.25) is 4.79 Å². The summed E-state index contributed by atoms with van der Waals surface area (Å²) in [7, 11) is 1.62. The number of benzene rings is 1. The quantitative estimate of drug-likeness (QED) is 0.898. The molecule has 0 radical (unpaired) electrons. The lowest BCUT2D eigenvalue weighted by molar-refractivity contribution is -0.141. The highest BCUT2D eigenvalue weighted by Crippen LogP contribution is 2.36. The number of aliphatic carboxylic acids is 1. The van der Waals surface area contributed by atoms with Gasteiger partial charge < -0.3 is 15.2 Å². The van der Waals surface area contributed by atoms with Crippen molar-refractivity contribution >= 4 is 21.9 Å². The molecule has 1 fully saturated rings. The Morgan fingerprint density at radius 2 is 2.35 bits per heavy atom. The van der Waals surface area contributed by atoms with Crippen LogP contribution in [0.2, 0.25) is 0 Å². The molecule has 5 heteroatoms. The molecular formula is C12H14BrNO3. The molecule has 0 aromatic heterocycles. The number of hydrogen-bond acceptors (Lipinski definition) is 3. The standard InChI is InChI=1S/C12H14BrNO3/c1-17-10-4-2-3-8(11(10)13)9-5-7(6-14-9)12(15)16/h2-4,7,9,14H,5-6H2,1H3,(H,15,16). The lowest BCUT2D eigenvalue weighted by atomic mass is 10.00. The van der Waals surface area contributed by atoms with Crippen molar-refractivity contribution in [3.8, 4) is 5.75 Å². The van der Waals surface area contributed by atoms with Crippen LogP contribution in [0.25, 0.3) is 0 Å². The van der Waals surface area contributed by atoms with Crippen molar-refractivity contribution in [1.82, 2.24) is 5.32 Å². The zero-order valence-corrected chi connectivity index (χ0v) is 11.0. The van der Waals surface area contributed by atoms with E-state index in [2.05, 4.69) is 21.2 Å². The molecule has 0 aliphatic carbocycles. The summed E-state index contributed by atoms with van der Waals surface area (Å²) in [6.07, 6.45) is 0.612. The van der Waals surface area contributed by atoms with Gasteiger partial charge in [-0.2, -0.15) is 0 Å². The Morgan fingerprint density at radius 3 is 2.94 bits per heavy atom. The van der Waals surface area contributed by atoms with E-state index in [1.165, 1.54) is 0 Å². The van der Waals surface area contributed by atoms with E-state index < -0.39 is 5.97 Å². The van der Waals surface area contributed by atoms with Crippen molar-refractivity contribution in [2.45, 2.75) is 12.5 Å². The molecule has 2 rings (SSSR count). The van der Waals surface area contributed by atoms with Crippen molar-refractivity contribution in [2.24, 2.45) is 5.92 Å². The fourth-order valence-corrected chi connectivity index (χ4v) is 2.82. The smallest absolute Gasteiger partial charge is 0.307 e. The van der Waals surface area contributed by atoms with E-state index in [1.54, 1.807) is 7.11 Å². The van der Waals surface area contributed by atoms with Gasteiger partial charge in [-0.15, -0.1) is 0 Å². The monoisotopic (exact) mass is 299 g/mol. The van der Waals surface area contributed by atoms with Crippen molar-refractivity contribution < 1.29 is 14.6 Å². The molecular weight excluding hydrogens is 286 g/mol. The third-order valence-corrected chi connectivity index (χ3v) is 3.92. The number of halogens is 1. The topological polar surface area (TPSA) is 58.6 Å². The fraction of sp³-hybridized carbons (Fsp3) is 0.417. The van der Waals surface area contributed by atoms with Crippen LogP contribution in [0, 0.1) is 5.92 Å². The Bertz CT molecular complexity index is 436. The van der Waals surface area contributed by atoms with Crippen LogP contribution in [0.3, 0.4) is 0 Å². The van der Waals surface area contributed by atoms with Gasteiger partial charge in [-0.1, -0.05) is 12.1 Å². The Balaban J connectivity index is 2.22. The van der Waals surface area contributed by atoms with E-state index in [1.807, 2.05) is 18.2 Å². The predicted molar refractivity (Wildman–Crippen MR) is 67.2 cm³/mol. The molecule has 2 unspecified atom stereocenters. The van der Waals surface area contributed by atoms with E-state index in [0.717, 1.165) is 15.8 Å². The van der Waals surface area contributed by atoms with Gasteiger partial charge in [-0.05, 0) is 34.0 Å². The van der Waals surface area contributed by atoms with Crippen LogP contribution in [-0.2, 0) is 4.79 Å². The summed E-state index contributed by atoms with van der Waals surface area (Å²) >= 11 is 3.50. The molecule has 0 spiro atoms. The Morgan fingerprint density at radius 1 is 1.59 bits per heavy atom. The summed E-state index contributed by atoms with van der Waals surface area (Å²) < 4.78 is 6.12. The Labute approximate surface area is 108 Å². The van der Waals surface area contributed by atoms with Crippen LogP contribution < -0.4 is 10.1 Å². The first-order valence-corrected chi connectivity index (χ1v) is 6.21. The molecule has 0 bridgehead atoms. The number of carboxylic acid groups (broad SMARTS) is 1. The minimum atomic E-state index is -0.737. The average Bonchev–Trinajstić information content (AvgIpc) is 2.78. The molecule has 1 saturated heterocycles. The third-order valence-electron chi connectivity index (χ3n) is 3.07. The zero-order valence-electron chi connectivity index (χ0n) is 9.44. The summed E-state index contributed by atoms with van der Waals surface area (Å²) in [5, 5.41) is 12.2. The number of methoxy groups -OCH3 is 1. The van der Waals surface area contributed by atoms with Crippen LogP contribution in [-0.4, -0.2) is 24.7 Å². The summed E-state index contributed by atoms with van der Waals surface area (Å²) in [5.41, 5.74) is 1.05. The Hall–Kier alpha value is -1.07. The van der Waals surface area contributed by atoms with Gasteiger partial charge >= 0.3 is 5.97 Å². The van der Waals surface area contributed by atoms with E-state index in [9.17, 15) is 4.79 Å². The van der Waals surface area contributed by atoms with Gasteiger partial charge in [0.1, 0.15) is 5.75 Å². The highest BCUT2D eigenvalue weighted by atomic mass is 79.9. The first kappa shape index (κ1) is 12.4. The van der Waals surface area contributed by atoms with Gasteiger partial charge in [0.25, 0.3) is 0 Å². The van der Waals surface area contributed by atoms with Crippen LogP contribution in [0.4, 0.5) is 0 Å². The molecule has 1 heterocycles. The predicted octanol–water partition coefficient (Wildman–Crippen LogP) is 2.19. The molecule has 0 amide bonds. The lowest BCUT2D eigenvalue weighted by Crippen LogP contribution is -2.17. The summed E-state index contributed by atoms with van der Waals surface area (Å²) in [6.45, 7) is 0.518. The number of hydrogen-bond donors (Lipinski definition) is 2. The SMILES string of the molecule is COc1cccc(C2CC(C(=O)O)CN2)c1Br. The van der Waals surface area contributed by atoms with Crippen LogP contribution >= 0.6 is 15.9 Å². The van der Waals surface area contributed by atoms with Gasteiger partial charge in [0.2, 0.25) is 0 Å². The van der Waals surface area contributed by atoms with Crippen molar-refractivity contribution in [1.29, 1.82) is 0 Å². The molecule has 1 aliphatic heterocycles. The molecule has 92 valence electrons. The van der Waals surface area contributed by atoms with Crippen molar-refractivity contribution in [2.75, 3.05) is 13.7 Å². The summed E-state index contributed by atoms with van der Waals surface area (Å²) in [6, 6.07) is 5.83. The maximum Gasteiger partial charge on any atom is 0.307 e. The second-order valence-corrected chi connectivity index (χ2v) is 4.89.